The van der Waals surface area contributed by atoms with Gasteiger partial charge in [-0.05, 0) is 6.07 Å². The number of likely N-dealkylation sites (N-methyl/N-ethyl adjacent to an activating group) is 1. The van der Waals surface area contributed by atoms with Crippen molar-refractivity contribution in [3.8, 4) is 0 Å². The molecule has 1 aliphatic rings. The fraction of sp³-hybridized carbons (Fsp3) is 0.250. The van der Waals surface area contributed by atoms with Gasteiger partial charge in [-0.2, -0.15) is 8.78 Å². The normalized spacial score (nSPS) is 18.4. The quantitative estimate of drug-likeness (QED) is 0.723. The van der Waals surface area contributed by atoms with Gasteiger partial charge in [-0.3, -0.25) is 9.69 Å². The number of aromatic nitrogens is 1. The molecule has 92 valence electrons. The summed E-state index contributed by atoms with van der Waals surface area (Å²) in [6.07, 6.45) is 0.826. The highest BCUT2D eigenvalue weighted by Gasteiger charge is 2.52. The molecule has 9 heteroatoms. The van der Waals surface area contributed by atoms with Gasteiger partial charge < -0.3 is 0 Å². The van der Waals surface area contributed by atoms with Gasteiger partial charge in [0.05, 0.1) is 5.56 Å². The van der Waals surface area contributed by atoms with Crippen molar-refractivity contribution < 1.29 is 22.0 Å². The lowest BCUT2D eigenvalue weighted by molar-refractivity contribution is -0.141. The Bertz CT molecular complexity index is 617. The zero-order valence-electron chi connectivity index (χ0n) is 8.32. The van der Waals surface area contributed by atoms with Crippen LogP contribution in [0.3, 0.4) is 0 Å². The van der Waals surface area contributed by atoms with E-state index in [2.05, 4.69) is 4.98 Å². The SMILES string of the molecule is CN1C(=O)C(F)(F)c2cc(S(=O)(=O)Cl)cnc21. The van der Waals surface area contributed by atoms with E-state index in [1.165, 1.54) is 0 Å². The maximum atomic E-state index is 13.5. The maximum absolute atomic E-state index is 13.5. The summed E-state index contributed by atoms with van der Waals surface area (Å²) < 4.78 is 48.9. The summed E-state index contributed by atoms with van der Waals surface area (Å²) in [6.45, 7) is 0. The molecule has 0 N–H and O–H groups in total. The third-order valence-corrected chi connectivity index (χ3v) is 3.67. The second kappa shape index (κ2) is 3.36. The largest absolute Gasteiger partial charge is 0.353 e. The first-order valence-corrected chi connectivity index (χ1v) is 6.58. The molecular weight excluding hydrogens is 278 g/mol. The number of pyridine rings is 1. The van der Waals surface area contributed by atoms with Crippen LogP contribution in [-0.4, -0.2) is 26.4 Å². The number of hydrogen-bond acceptors (Lipinski definition) is 4. The molecule has 1 amide bonds. The number of fused-ring (bicyclic) bond motifs is 1. The van der Waals surface area contributed by atoms with E-state index in [4.69, 9.17) is 10.7 Å². The van der Waals surface area contributed by atoms with Gasteiger partial charge in [0, 0.05) is 23.9 Å². The molecular formula is C8H5ClF2N2O3S. The molecule has 1 aromatic heterocycles. The molecule has 0 aromatic carbocycles. The number of carbonyl (C=O) groups excluding carboxylic acids is 1. The maximum Gasteiger partial charge on any atom is 0.353 e. The van der Waals surface area contributed by atoms with Crippen molar-refractivity contribution in [1.82, 2.24) is 4.98 Å². The minimum Gasteiger partial charge on any atom is -0.294 e. The summed E-state index contributed by atoms with van der Waals surface area (Å²) in [5.41, 5.74) is -0.758. The van der Waals surface area contributed by atoms with Gasteiger partial charge in [0.2, 0.25) is 0 Å². The second-order valence-corrected chi connectivity index (χ2v) is 5.98. The summed E-state index contributed by atoms with van der Waals surface area (Å²) in [5, 5.41) is 0. The van der Waals surface area contributed by atoms with E-state index in [9.17, 15) is 22.0 Å². The van der Waals surface area contributed by atoms with Crippen LogP contribution in [0.25, 0.3) is 0 Å². The molecule has 17 heavy (non-hydrogen) atoms. The molecule has 1 aliphatic heterocycles. The van der Waals surface area contributed by atoms with Crippen molar-refractivity contribution in [2.45, 2.75) is 10.8 Å². The molecule has 0 atom stereocenters. The minimum atomic E-state index is -4.16. The van der Waals surface area contributed by atoms with E-state index < -0.39 is 31.3 Å². The van der Waals surface area contributed by atoms with E-state index in [1.54, 1.807) is 0 Å². The van der Waals surface area contributed by atoms with Gasteiger partial charge in [0.25, 0.3) is 9.05 Å². The average Bonchev–Trinajstić information content (AvgIpc) is 2.39. The predicted molar refractivity (Wildman–Crippen MR) is 54.6 cm³/mol. The number of halogens is 3. The Hall–Kier alpha value is -1.28. The van der Waals surface area contributed by atoms with Crippen molar-refractivity contribution >= 4 is 31.5 Å². The van der Waals surface area contributed by atoms with Crippen LogP contribution in [0.1, 0.15) is 5.56 Å². The van der Waals surface area contributed by atoms with Gasteiger partial charge in [0.15, 0.2) is 0 Å². The molecule has 5 nitrogen and oxygen atoms in total. The Kier molecular flexibility index (Phi) is 2.41. The number of anilines is 1. The van der Waals surface area contributed by atoms with Crippen LogP contribution in [0.4, 0.5) is 14.6 Å². The van der Waals surface area contributed by atoms with E-state index in [-0.39, 0.29) is 5.82 Å². The third kappa shape index (κ3) is 1.67. The number of hydrogen-bond donors (Lipinski definition) is 0. The fourth-order valence-electron chi connectivity index (χ4n) is 1.49. The molecule has 0 spiro atoms. The summed E-state index contributed by atoms with van der Waals surface area (Å²) in [5.74, 6) is -5.51. The van der Waals surface area contributed by atoms with Gasteiger partial charge in [-0.25, -0.2) is 13.4 Å². The fourth-order valence-corrected chi connectivity index (χ4v) is 2.18. The smallest absolute Gasteiger partial charge is 0.294 e. The molecule has 0 fully saturated rings. The van der Waals surface area contributed by atoms with Crippen LogP contribution in [-0.2, 0) is 19.8 Å². The van der Waals surface area contributed by atoms with Crippen LogP contribution in [0.5, 0.6) is 0 Å². The zero-order chi connectivity index (χ0) is 13.0. The first-order valence-electron chi connectivity index (χ1n) is 4.27. The van der Waals surface area contributed by atoms with E-state index >= 15 is 0 Å². The molecule has 0 bridgehead atoms. The van der Waals surface area contributed by atoms with E-state index in [0.29, 0.717) is 11.0 Å². The molecule has 0 radical (unpaired) electrons. The van der Waals surface area contributed by atoms with Gasteiger partial charge in [-0.1, -0.05) is 0 Å². The number of alkyl halides is 2. The average molecular weight is 283 g/mol. The molecule has 2 heterocycles. The van der Waals surface area contributed by atoms with Gasteiger partial charge >= 0.3 is 11.8 Å². The predicted octanol–water partition coefficient (Wildman–Crippen LogP) is 1.08. The molecule has 0 saturated carbocycles. The highest BCUT2D eigenvalue weighted by molar-refractivity contribution is 8.13. The molecule has 0 saturated heterocycles. The second-order valence-electron chi connectivity index (χ2n) is 3.42. The third-order valence-electron chi connectivity index (χ3n) is 2.35. The van der Waals surface area contributed by atoms with Crippen LogP contribution in [0, 0.1) is 0 Å². The standard InChI is InChI=1S/C8H5ClF2N2O3S/c1-13-6-5(8(10,11)7(13)14)2-4(3-12-6)17(9,15)16/h2-3H,1H3. The zero-order valence-corrected chi connectivity index (χ0v) is 9.89. The lowest BCUT2D eigenvalue weighted by Crippen LogP contribution is -2.31. The Morgan fingerprint density at radius 2 is 2.06 bits per heavy atom. The molecule has 0 unspecified atom stereocenters. The first-order chi connectivity index (χ1) is 7.65. The highest BCUT2D eigenvalue weighted by Crippen LogP contribution is 2.43. The summed E-state index contributed by atoms with van der Waals surface area (Å²) in [4.78, 5) is 14.8. The Morgan fingerprint density at radius 1 is 1.47 bits per heavy atom. The van der Waals surface area contributed by atoms with Crippen LogP contribution in [0.2, 0.25) is 0 Å². The van der Waals surface area contributed by atoms with Crippen LogP contribution in [0.15, 0.2) is 17.2 Å². The molecule has 2 rings (SSSR count). The summed E-state index contributed by atoms with van der Waals surface area (Å²) in [6, 6.07) is 0.659. The molecule has 0 aliphatic carbocycles. The van der Waals surface area contributed by atoms with E-state index in [0.717, 1.165) is 13.2 Å². The number of nitrogens with zero attached hydrogens (tertiary/aromatic N) is 2. The van der Waals surface area contributed by atoms with Crippen molar-refractivity contribution in [3.05, 3.63) is 17.8 Å². The minimum absolute atomic E-state index is 0.274. The number of carbonyl (C=O) groups is 1. The Labute approximate surface area is 99.4 Å². The summed E-state index contributed by atoms with van der Waals surface area (Å²) in [7, 11) is 1.98. The van der Waals surface area contributed by atoms with Crippen molar-refractivity contribution in [1.29, 1.82) is 0 Å². The first kappa shape index (κ1) is 12.2. The summed E-state index contributed by atoms with van der Waals surface area (Å²) >= 11 is 0. The van der Waals surface area contributed by atoms with Gasteiger partial charge in [0.1, 0.15) is 10.7 Å². The highest BCUT2D eigenvalue weighted by atomic mass is 35.7. The Balaban J connectivity index is 2.71. The van der Waals surface area contributed by atoms with Crippen molar-refractivity contribution in [2.24, 2.45) is 0 Å². The van der Waals surface area contributed by atoms with Crippen molar-refractivity contribution in [3.63, 3.8) is 0 Å². The number of rotatable bonds is 1. The van der Waals surface area contributed by atoms with Gasteiger partial charge in [-0.15, -0.1) is 0 Å². The van der Waals surface area contributed by atoms with Crippen LogP contribution >= 0.6 is 10.7 Å². The topological polar surface area (TPSA) is 67.3 Å². The van der Waals surface area contributed by atoms with Crippen LogP contribution < -0.4 is 4.90 Å². The lowest BCUT2D eigenvalue weighted by atomic mass is 10.2. The lowest BCUT2D eigenvalue weighted by Gasteiger charge is -2.08. The van der Waals surface area contributed by atoms with Crippen molar-refractivity contribution in [2.75, 3.05) is 11.9 Å². The number of amides is 1. The molecule has 1 aromatic rings. The van der Waals surface area contributed by atoms with E-state index in [1.807, 2.05) is 0 Å². The Morgan fingerprint density at radius 3 is 2.59 bits per heavy atom. The monoisotopic (exact) mass is 282 g/mol.